The van der Waals surface area contributed by atoms with E-state index in [0.717, 1.165) is 35.8 Å². The molecule has 86 valence electrons. The Labute approximate surface area is 94.4 Å². The van der Waals surface area contributed by atoms with Crippen LogP contribution in [0.5, 0.6) is 0 Å². The molecular weight excluding hydrogens is 204 g/mol. The fraction of sp³-hybridized carbons (Fsp3) is 0.455. The summed E-state index contributed by atoms with van der Waals surface area (Å²) < 4.78 is 6.89. The van der Waals surface area contributed by atoms with E-state index >= 15 is 0 Å². The molecule has 0 radical (unpaired) electrons. The van der Waals surface area contributed by atoms with E-state index in [4.69, 9.17) is 4.52 Å². The van der Waals surface area contributed by atoms with E-state index in [0.29, 0.717) is 0 Å². The van der Waals surface area contributed by atoms with Crippen molar-refractivity contribution in [3.05, 3.63) is 35.0 Å². The molecule has 0 bridgehead atoms. The monoisotopic (exact) mass is 220 g/mol. The number of rotatable bonds is 4. The van der Waals surface area contributed by atoms with E-state index < -0.39 is 0 Å². The summed E-state index contributed by atoms with van der Waals surface area (Å²) in [6.07, 6.45) is 1.94. The third kappa shape index (κ3) is 2.30. The third-order valence-electron chi connectivity index (χ3n) is 2.56. The molecular formula is C11H16N4O. The van der Waals surface area contributed by atoms with Gasteiger partial charge in [-0.15, -0.1) is 0 Å². The Morgan fingerprint density at radius 3 is 2.75 bits per heavy atom. The molecule has 16 heavy (non-hydrogen) atoms. The van der Waals surface area contributed by atoms with Crippen molar-refractivity contribution in [3.8, 4) is 0 Å². The third-order valence-corrected chi connectivity index (χ3v) is 2.56. The molecule has 2 aromatic rings. The van der Waals surface area contributed by atoms with Crippen molar-refractivity contribution in [3.63, 3.8) is 0 Å². The van der Waals surface area contributed by atoms with Crippen LogP contribution in [-0.4, -0.2) is 14.9 Å². The molecule has 5 heteroatoms. The lowest BCUT2D eigenvalue weighted by atomic mass is 10.2. The summed E-state index contributed by atoms with van der Waals surface area (Å²) in [6, 6.07) is 2.00. The standard InChI is InChI=1S/C11H16N4O/c1-8-11(9(2)16-14-8)7-12-6-10-4-5-15(3)13-10/h4-5,12H,6-7H2,1-3H3. The molecule has 2 heterocycles. The highest BCUT2D eigenvalue weighted by atomic mass is 16.5. The fourth-order valence-electron chi connectivity index (χ4n) is 1.63. The summed E-state index contributed by atoms with van der Waals surface area (Å²) in [4.78, 5) is 0. The van der Waals surface area contributed by atoms with Crippen LogP contribution >= 0.6 is 0 Å². The van der Waals surface area contributed by atoms with Crippen LogP contribution in [0.1, 0.15) is 22.7 Å². The summed E-state index contributed by atoms with van der Waals surface area (Å²) in [5, 5.41) is 11.5. The van der Waals surface area contributed by atoms with Crippen LogP contribution in [0.2, 0.25) is 0 Å². The second-order valence-electron chi connectivity index (χ2n) is 3.89. The first kappa shape index (κ1) is 10.9. The van der Waals surface area contributed by atoms with E-state index in [-0.39, 0.29) is 0 Å². The van der Waals surface area contributed by atoms with Crippen LogP contribution in [0.3, 0.4) is 0 Å². The highest BCUT2D eigenvalue weighted by molar-refractivity contribution is 5.20. The van der Waals surface area contributed by atoms with Gasteiger partial charge < -0.3 is 9.84 Å². The van der Waals surface area contributed by atoms with Gasteiger partial charge in [-0.3, -0.25) is 4.68 Å². The van der Waals surface area contributed by atoms with Gasteiger partial charge in [0.2, 0.25) is 0 Å². The van der Waals surface area contributed by atoms with Gasteiger partial charge in [-0.2, -0.15) is 5.10 Å². The maximum atomic E-state index is 5.09. The van der Waals surface area contributed by atoms with E-state index in [9.17, 15) is 0 Å². The average molecular weight is 220 g/mol. The molecule has 2 rings (SSSR count). The first-order chi connectivity index (χ1) is 7.66. The van der Waals surface area contributed by atoms with Gasteiger partial charge in [-0.1, -0.05) is 5.16 Å². The predicted octanol–water partition coefficient (Wildman–Crippen LogP) is 1.31. The number of aromatic nitrogens is 3. The van der Waals surface area contributed by atoms with Crippen molar-refractivity contribution in [2.75, 3.05) is 0 Å². The Morgan fingerprint density at radius 2 is 2.19 bits per heavy atom. The van der Waals surface area contributed by atoms with Crippen LogP contribution < -0.4 is 5.32 Å². The molecule has 0 aliphatic rings. The number of aryl methyl sites for hydroxylation is 3. The van der Waals surface area contributed by atoms with Gasteiger partial charge in [0, 0.05) is 31.9 Å². The van der Waals surface area contributed by atoms with Crippen molar-refractivity contribution in [1.82, 2.24) is 20.3 Å². The number of nitrogens with one attached hydrogen (secondary N) is 1. The molecule has 5 nitrogen and oxygen atoms in total. The molecule has 0 spiro atoms. The zero-order valence-electron chi connectivity index (χ0n) is 9.82. The van der Waals surface area contributed by atoms with Crippen LogP contribution in [0.15, 0.2) is 16.8 Å². The molecule has 1 N–H and O–H groups in total. The Bertz CT molecular complexity index is 453. The summed E-state index contributed by atoms with van der Waals surface area (Å²) in [5.41, 5.74) is 3.12. The highest BCUT2D eigenvalue weighted by Gasteiger charge is 2.08. The molecule has 0 unspecified atom stereocenters. The van der Waals surface area contributed by atoms with Gasteiger partial charge in [0.25, 0.3) is 0 Å². The lowest BCUT2D eigenvalue weighted by Gasteiger charge is -2.01. The van der Waals surface area contributed by atoms with Gasteiger partial charge in [0.15, 0.2) is 0 Å². The van der Waals surface area contributed by atoms with Gasteiger partial charge >= 0.3 is 0 Å². The summed E-state index contributed by atoms with van der Waals surface area (Å²) in [6.45, 7) is 5.40. The van der Waals surface area contributed by atoms with Crippen molar-refractivity contribution in [2.24, 2.45) is 7.05 Å². The number of hydrogen-bond donors (Lipinski definition) is 1. The first-order valence-corrected chi connectivity index (χ1v) is 5.28. The van der Waals surface area contributed by atoms with Crippen LogP contribution in [0.25, 0.3) is 0 Å². The molecule has 2 aromatic heterocycles. The maximum absolute atomic E-state index is 5.09. The largest absolute Gasteiger partial charge is 0.361 e. The lowest BCUT2D eigenvalue weighted by Crippen LogP contribution is -2.14. The van der Waals surface area contributed by atoms with Gasteiger partial charge in [0.05, 0.1) is 11.4 Å². The minimum absolute atomic E-state index is 0.755. The maximum Gasteiger partial charge on any atom is 0.138 e. The van der Waals surface area contributed by atoms with Crippen LogP contribution in [-0.2, 0) is 20.1 Å². The molecule has 0 saturated carbocycles. The van der Waals surface area contributed by atoms with E-state index in [2.05, 4.69) is 15.6 Å². The minimum Gasteiger partial charge on any atom is -0.361 e. The van der Waals surface area contributed by atoms with E-state index in [1.54, 1.807) is 4.68 Å². The predicted molar refractivity (Wildman–Crippen MR) is 59.7 cm³/mol. The lowest BCUT2D eigenvalue weighted by molar-refractivity contribution is 0.392. The van der Waals surface area contributed by atoms with E-state index in [1.165, 1.54) is 0 Å². The Hall–Kier alpha value is -1.62. The van der Waals surface area contributed by atoms with E-state index in [1.807, 2.05) is 33.2 Å². The van der Waals surface area contributed by atoms with Crippen LogP contribution in [0, 0.1) is 13.8 Å². The quantitative estimate of drug-likeness (QED) is 0.844. The highest BCUT2D eigenvalue weighted by Crippen LogP contribution is 2.11. The molecule has 0 aliphatic heterocycles. The van der Waals surface area contributed by atoms with Crippen molar-refractivity contribution < 1.29 is 4.52 Å². The summed E-state index contributed by atoms with van der Waals surface area (Å²) in [5.74, 6) is 0.881. The topological polar surface area (TPSA) is 55.9 Å². The second-order valence-corrected chi connectivity index (χ2v) is 3.89. The normalized spacial score (nSPS) is 10.9. The molecule has 0 saturated heterocycles. The molecule has 0 aliphatic carbocycles. The summed E-state index contributed by atoms with van der Waals surface area (Å²) in [7, 11) is 1.91. The molecule has 0 aromatic carbocycles. The number of hydrogen-bond acceptors (Lipinski definition) is 4. The summed E-state index contributed by atoms with van der Waals surface area (Å²) >= 11 is 0. The second kappa shape index (κ2) is 4.49. The fourth-order valence-corrected chi connectivity index (χ4v) is 1.63. The minimum atomic E-state index is 0.755. The Balaban J connectivity index is 1.89. The number of nitrogens with zero attached hydrogens (tertiary/aromatic N) is 3. The Morgan fingerprint density at radius 1 is 1.38 bits per heavy atom. The molecule has 0 amide bonds. The SMILES string of the molecule is Cc1noc(C)c1CNCc1ccn(C)n1. The van der Waals surface area contributed by atoms with Crippen molar-refractivity contribution >= 4 is 0 Å². The smallest absolute Gasteiger partial charge is 0.138 e. The van der Waals surface area contributed by atoms with Gasteiger partial charge in [-0.05, 0) is 19.9 Å². The molecule has 0 fully saturated rings. The van der Waals surface area contributed by atoms with Crippen molar-refractivity contribution in [2.45, 2.75) is 26.9 Å². The first-order valence-electron chi connectivity index (χ1n) is 5.28. The van der Waals surface area contributed by atoms with Gasteiger partial charge in [0.1, 0.15) is 5.76 Å². The zero-order valence-corrected chi connectivity index (χ0v) is 9.82. The van der Waals surface area contributed by atoms with Crippen LogP contribution in [0.4, 0.5) is 0 Å². The Kier molecular flexibility index (Phi) is 3.05. The molecule has 0 atom stereocenters. The van der Waals surface area contributed by atoms with Gasteiger partial charge in [-0.25, -0.2) is 0 Å². The average Bonchev–Trinajstić information content (AvgIpc) is 2.78. The van der Waals surface area contributed by atoms with Crippen molar-refractivity contribution in [1.29, 1.82) is 0 Å². The zero-order chi connectivity index (χ0) is 11.5.